The Balaban J connectivity index is 2.21. The topological polar surface area (TPSA) is 59.2 Å². The zero-order chi connectivity index (χ0) is 10.8. The van der Waals surface area contributed by atoms with E-state index in [0.717, 1.165) is 11.9 Å². The molecule has 5 heteroatoms. The second-order valence-corrected chi connectivity index (χ2v) is 4.30. The van der Waals surface area contributed by atoms with Crippen molar-refractivity contribution in [2.75, 3.05) is 22.5 Å². The SMILES string of the molecule is Nc1cccc(N2CC(CBr)CC2=O)n1. The number of amides is 1. The number of aromatic nitrogens is 1. The summed E-state index contributed by atoms with van der Waals surface area (Å²) in [7, 11) is 0. The Labute approximate surface area is 96.6 Å². The molecule has 0 spiro atoms. The van der Waals surface area contributed by atoms with E-state index in [4.69, 9.17) is 5.73 Å². The lowest BCUT2D eigenvalue weighted by Gasteiger charge is -2.15. The quantitative estimate of drug-likeness (QED) is 0.826. The molecule has 0 radical (unpaired) electrons. The number of nitrogens with two attached hydrogens (primary N) is 1. The number of hydrogen-bond acceptors (Lipinski definition) is 3. The molecule has 2 rings (SSSR count). The van der Waals surface area contributed by atoms with E-state index in [1.54, 1.807) is 11.0 Å². The predicted octanol–water partition coefficient (Wildman–Crippen LogP) is 1.41. The summed E-state index contributed by atoms with van der Waals surface area (Å²) in [5.74, 6) is 1.60. The fourth-order valence-corrected chi connectivity index (χ4v) is 2.13. The lowest BCUT2D eigenvalue weighted by molar-refractivity contribution is -0.117. The molecular formula is C10H12BrN3O. The van der Waals surface area contributed by atoms with E-state index in [9.17, 15) is 4.79 Å². The van der Waals surface area contributed by atoms with Gasteiger partial charge in [-0.3, -0.25) is 9.69 Å². The zero-order valence-electron chi connectivity index (χ0n) is 8.19. The van der Waals surface area contributed by atoms with E-state index >= 15 is 0 Å². The van der Waals surface area contributed by atoms with Crippen LogP contribution in [0.5, 0.6) is 0 Å². The first-order valence-corrected chi connectivity index (χ1v) is 5.91. The molecule has 4 nitrogen and oxygen atoms in total. The standard InChI is InChI=1S/C10H12BrN3O/c11-5-7-4-10(15)14(6-7)9-3-1-2-8(12)13-9/h1-3,7H,4-6H2,(H2,12,13). The van der Waals surface area contributed by atoms with Gasteiger partial charge in [-0.2, -0.15) is 0 Å². The summed E-state index contributed by atoms with van der Waals surface area (Å²) < 4.78 is 0. The third-order valence-electron chi connectivity index (χ3n) is 2.46. The molecule has 15 heavy (non-hydrogen) atoms. The lowest BCUT2D eigenvalue weighted by atomic mass is 10.2. The van der Waals surface area contributed by atoms with Crippen molar-refractivity contribution < 1.29 is 4.79 Å². The van der Waals surface area contributed by atoms with Gasteiger partial charge in [0.2, 0.25) is 5.91 Å². The largest absolute Gasteiger partial charge is 0.384 e. The summed E-state index contributed by atoms with van der Waals surface area (Å²) in [5, 5.41) is 0.845. The van der Waals surface area contributed by atoms with Gasteiger partial charge in [0.05, 0.1) is 0 Å². The molecule has 1 aromatic rings. The third-order valence-corrected chi connectivity index (χ3v) is 3.37. The molecule has 1 saturated heterocycles. The summed E-state index contributed by atoms with van der Waals surface area (Å²) in [6, 6.07) is 5.34. The van der Waals surface area contributed by atoms with Gasteiger partial charge in [0.15, 0.2) is 0 Å². The molecule has 1 amide bonds. The van der Waals surface area contributed by atoms with Crippen LogP contribution in [-0.4, -0.2) is 22.8 Å². The Kier molecular flexibility index (Phi) is 2.90. The van der Waals surface area contributed by atoms with E-state index in [1.165, 1.54) is 0 Å². The molecule has 2 N–H and O–H groups in total. The van der Waals surface area contributed by atoms with Crippen molar-refractivity contribution in [3.8, 4) is 0 Å². The number of carbonyl (C=O) groups excluding carboxylic acids is 1. The summed E-state index contributed by atoms with van der Waals surface area (Å²) >= 11 is 3.39. The Morgan fingerprint density at radius 3 is 3.00 bits per heavy atom. The van der Waals surface area contributed by atoms with Gasteiger partial charge >= 0.3 is 0 Å². The Hall–Kier alpha value is -1.10. The minimum Gasteiger partial charge on any atom is -0.384 e. The molecule has 1 fully saturated rings. The molecule has 0 bridgehead atoms. The van der Waals surface area contributed by atoms with Crippen LogP contribution in [0.25, 0.3) is 0 Å². The van der Waals surface area contributed by atoms with Gasteiger partial charge in [-0.25, -0.2) is 4.98 Å². The first-order valence-electron chi connectivity index (χ1n) is 4.79. The lowest BCUT2D eigenvalue weighted by Crippen LogP contribution is -2.25. The number of anilines is 2. The molecule has 80 valence electrons. The van der Waals surface area contributed by atoms with Crippen molar-refractivity contribution in [1.29, 1.82) is 0 Å². The van der Waals surface area contributed by atoms with Crippen LogP contribution in [0, 0.1) is 5.92 Å². The number of nitrogens with zero attached hydrogens (tertiary/aromatic N) is 2. The average molecular weight is 270 g/mol. The van der Waals surface area contributed by atoms with Crippen LogP contribution < -0.4 is 10.6 Å². The highest BCUT2D eigenvalue weighted by Gasteiger charge is 2.30. The molecule has 1 atom stereocenters. The molecule has 0 aromatic carbocycles. The number of carbonyl (C=O) groups is 1. The van der Waals surface area contributed by atoms with Crippen LogP contribution in [0.15, 0.2) is 18.2 Å². The zero-order valence-corrected chi connectivity index (χ0v) is 9.77. The number of hydrogen-bond donors (Lipinski definition) is 1. The van der Waals surface area contributed by atoms with Crippen molar-refractivity contribution in [2.24, 2.45) is 5.92 Å². The molecule has 0 saturated carbocycles. The van der Waals surface area contributed by atoms with Crippen LogP contribution >= 0.6 is 15.9 Å². The second-order valence-electron chi connectivity index (χ2n) is 3.65. The van der Waals surface area contributed by atoms with Gasteiger partial charge in [-0.1, -0.05) is 22.0 Å². The van der Waals surface area contributed by atoms with Gasteiger partial charge in [-0.05, 0) is 18.1 Å². The Morgan fingerprint density at radius 1 is 1.60 bits per heavy atom. The number of rotatable bonds is 2. The molecule has 0 aliphatic carbocycles. The maximum absolute atomic E-state index is 11.7. The monoisotopic (exact) mass is 269 g/mol. The van der Waals surface area contributed by atoms with Crippen molar-refractivity contribution in [2.45, 2.75) is 6.42 Å². The van der Waals surface area contributed by atoms with Crippen LogP contribution in [0.3, 0.4) is 0 Å². The van der Waals surface area contributed by atoms with Crippen LogP contribution in [0.4, 0.5) is 11.6 Å². The number of pyridine rings is 1. The van der Waals surface area contributed by atoms with Gasteiger partial charge in [-0.15, -0.1) is 0 Å². The molecule has 1 unspecified atom stereocenters. The van der Waals surface area contributed by atoms with E-state index in [1.807, 2.05) is 12.1 Å². The highest BCUT2D eigenvalue weighted by Crippen LogP contribution is 2.24. The predicted molar refractivity (Wildman–Crippen MR) is 62.9 cm³/mol. The van der Waals surface area contributed by atoms with Crippen LogP contribution in [0.1, 0.15) is 6.42 Å². The first-order chi connectivity index (χ1) is 7.20. The minimum atomic E-state index is 0.123. The molecule has 1 aliphatic rings. The maximum Gasteiger partial charge on any atom is 0.228 e. The number of halogens is 1. The fourth-order valence-electron chi connectivity index (χ4n) is 1.70. The second kappa shape index (κ2) is 4.18. The van der Waals surface area contributed by atoms with Gasteiger partial charge < -0.3 is 5.73 Å². The highest BCUT2D eigenvalue weighted by molar-refractivity contribution is 9.09. The van der Waals surface area contributed by atoms with E-state index < -0.39 is 0 Å². The van der Waals surface area contributed by atoms with Crippen molar-refractivity contribution in [3.05, 3.63) is 18.2 Å². The Morgan fingerprint density at radius 2 is 2.40 bits per heavy atom. The third kappa shape index (κ3) is 2.12. The number of nitrogen functional groups attached to an aromatic ring is 1. The summed E-state index contributed by atoms with van der Waals surface area (Å²) in [4.78, 5) is 17.5. The van der Waals surface area contributed by atoms with Crippen molar-refractivity contribution in [3.63, 3.8) is 0 Å². The Bertz CT molecular complexity index is 383. The first kappa shape index (κ1) is 10.4. The highest BCUT2D eigenvalue weighted by atomic mass is 79.9. The average Bonchev–Trinajstić information content (AvgIpc) is 2.60. The molecule has 1 aromatic heterocycles. The smallest absolute Gasteiger partial charge is 0.228 e. The van der Waals surface area contributed by atoms with Crippen molar-refractivity contribution >= 4 is 33.5 Å². The van der Waals surface area contributed by atoms with Crippen molar-refractivity contribution in [1.82, 2.24) is 4.98 Å². The summed E-state index contributed by atoms with van der Waals surface area (Å²) in [6.07, 6.45) is 0.585. The van der Waals surface area contributed by atoms with Gasteiger partial charge in [0, 0.05) is 18.3 Å². The fraction of sp³-hybridized carbons (Fsp3) is 0.400. The minimum absolute atomic E-state index is 0.123. The maximum atomic E-state index is 11.7. The van der Waals surface area contributed by atoms with Gasteiger partial charge in [0.25, 0.3) is 0 Å². The summed E-state index contributed by atoms with van der Waals surface area (Å²) in [5.41, 5.74) is 5.58. The molecular weight excluding hydrogens is 258 g/mol. The number of alkyl halides is 1. The van der Waals surface area contributed by atoms with E-state index in [-0.39, 0.29) is 5.91 Å². The molecule has 2 heterocycles. The van der Waals surface area contributed by atoms with E-state index in [2.05, 4.69) is 20.9 Å². The normalized spacial score (nSPS) is 21.0. The van der Waals surface area contributed by atoms with Crippen LogP contribution in [-0.2, 0) is 4.79 Å². The molecule has 1 aliphatic heterocycles. The van der Waals surface area contributed by atoms with Gasteiger partial charge in [0.1, 0.15) is 11.6 Å². The van der Waals surface area contributed by atoms with E-state index in [0.29, 0.717) is 24.0 Å². The summed E-state index contributed by atoms with van der Waals surface area (Å²) in [6.45, 7) is 0.723. The van der Waals surface area contributed by atoms with Crippen LogP contribution in [0.2, 0.25) is 0 Å².